The van der Waals surface area contributed by atoms with Crippen molar-refractivity contribution in [3.05, 3.63) is 64.8 Å². The fourth-order valence-corrected chi connectivity index (χ4v) is 3.43. The topological polar surface area (TPSA) is 98.8 Å². The summed E-state index contributed by atoms with van der Waals surface area (Å²) >= 11 is 5.87. The Morgan fingerprint density at radius 2 is 1.91 bits per heavy atom. The van der Waals surface area contributed by atoms with Crippen molar-refractivity contribution in [3.8, 4) is 5.75 Å². The van der Waals surface area contributed by atoms with Gasteiger partial charge in [0, 0.05) is 24.7 Å². The average Bonchev–Trinajstić information content (AvgIpc) is 3.46. The molecule has 3 aromatic rings. The van der Waals surface area contributed by atoms with Gasteiger partial charge in [-0.25, -0.2) is 0 Å². The Morgan fingerprint density at radius 3 is 2.62 bits per heavy atom. The molecule has 10 heteroatoms. The van der Waals surface area contributed by atoms with Crippen LogP contribution in [0.3, 0.4) is 0 Å². The molecule has 2 amide bonds. The fraction of sp³-hybridized carbons (Fsp3) is 0.318. The molecule has 0 radical (unpaired) electrons. The van der Waals surface area contributed by atoms with Crippen LogP contribution in [0.5, 0.6) is 5.75 Å². The predicted molar refractivity (Wildman–Crippen MR) is 117 cm³/mol. The number of hydrogen-bond acceptors (Lipinski definition) is 6. The van der Waals surface area contributed by atoms with Crippen LogP contribution in [0.1, 0.15) is 33.7 Å². The van der Waals surface area contributed by atoms with Crippen LogP contribution in [0.4, 0.5) is 5.69 Å². The number of nitrogens with zero attached hydrogens (tertiary/aromatic N) is 3. The van der Waals surface area contributed by atoms with Gasteiger partial charge in [0.05, 0.1) is 25.1 Å². The molecule has 2 aromatic heterocycles. The third-order valence-electron chi connectivity index (χ3n) is 4.97. The lowest BCUT2D eigenvalue weighted by molar-refractivity contribution is 0.0295. The summed E-state index contributed by atoms with van der Waals surface area (Å²) in [5.41, 5.74) is 0.671. The maximum absolute atomic E-state index is 13.0. The number of nitrogens with one attached hydrogen (secondary N) is 1. The second-order valence-corrected chi connectivity index (χ2v) is 7.53. The van der Waals surface area contributed by atoms with E-state index in [0.717, 1.165) is 0 Å². The van der Waals surface area contributed by atoms with E-state index in [1.54, 1.807) is 46.0 Å². The highest BCUT2D eigenvalue weighted by atomic mass is 35.5. The van der Waals surface area contributed by atoms with E-state index in [2.05, 4.69) is 10.4 Å². The summed E-state index contributed by atoms with van der Waals surface area (Å²) in [6, 6.07) is 10.2. The van der Waals surface area contributed by atoms with Crippen molar-refractivity contribution in [1.29, 1.82) is 0 Å². The number of aryl methyl sites for hydroxylation is 1. The average molecular weight is 459 g/mol. The van der Waals surface area contributed by atoms with Crippen LogP contribution in [0.2, 0.25) is 5.02 Å². The molecule has 1 saturated heterocycles. The summed E-state index contributed by atoms with van der Waals surface area (Å²) in [5.74, 6) is 0.552. The number of amides is 2. The van der Waals surface area contributed by atoms with E-state index in [1.807, 2.05) is 6.92 Å². The first-order valence-electron chi connectivity index (χ1n) is 10.3. The second-order valence-electron chi connectivity index (χ2n) is 7.09. The molecule has 0 saturated carbocycles. The van der Waals surface area contributed by atoms with Gasteiger partial charge >= 0.3 is 0 Å². The van der Waals surface area contributed by atoms with Crippen LogP contribution in [0, 0.1) is 0 Å². The maximum Gasteiger partial charge on any atom is 0.291 e. The first kappa shape index (κ1) is 21.9. The molecule has 1 aliphatic heterocycles. The monoisotopic (exact) mass is 458 g/mol. The molecule has 1 aromatic carbocycles. The molecule has 1 N–H and O–H groups in total. The Bertz CT molecular complexity index is 1090. The predicted octanol–water partition coefficient (Wildman–Crippen LogP) is 3.45. The van der Waals surface area contributed by atoms with Gasteiger partial charge in [0.2, 0.25) is 0 Å². The molecule has 0 aliphatic carbocycles. The summed E-state index contributed by atoms with van der Waals surface area (Å²) in [5, 5.41) is 7.60. The zero-order valence-electron chi connectivity index (χ0n) is 17.5. The molecule has 0 unspecified atom stereocenters. The van der Waals surface area contributed by atoms with Crippen LogP contribution in [0.25, 0.3) is 0 Å². The van der Waals surface area contributed by atoms with E-state index in [1.165, 1.54) is 6.20 Å². The van der Waals surface area contributed by atoms with Crippen molar-refractivity contribution in [2.45, 2.75) is 20.1 Å². The lowest BCUT2D eigenvalue weighted by atomic mass is 10.2. The number of rotatable bonds is 7. The van der Waals surface area contributed by atoms with Crippen LogP contribution in [-0.4, -0.2) is 52.8 Å². The van der Waals surface area contributed by atoms with E-state index in [-0.39, 0.29) is 18.3 Å². The lowest BCUT2D eigenvalue weighted by Gasteiger charge is -2.27. The number of halogens is 1. The molecule has 1 fully saturated rings. The zero-order chi connectivity index (χ0) is 22.5. The number of furan rings is 1. The zero-order valence-corrected chi connectivity index (χ0v) is 18.3. The third-order valence-corrected chi connectivity index (χ3v) is 5.22. The van der Waals surface area contributed by atoms with Crippen LogP contribution >= 0.6 is 11.6 Å². The Balaban J connectivity index is 1.43. The van der Waals surface area contributed by atoms with Crippen LogP contribution < -0.4 is 10.1 Å². The number of hydrogen-bond donors (Lipinski definition) is 1. The van der Waals surface area contributed by atoms with Crippen molar-refractivity contribution < 1.29 is 23.5 Å². The molecule has 4 rings (SSSR count). The molecule has 0 atom stereocenters. The van der Waals surface area contributed by atoms with Crippen molar-refractivity contribution in [1.82, 2.24) is 14.7 Å². The molecular formula is C22H23ClN4O5. The van der Waals surface area contributed by atoms with Gasteiger partial charge in [0.25, 0.3) is 11.8 Å². The molecule has 0 bridgehead atoms. The highest BCUT2D eigenvalue weighted by molar-refractivity contribution is 6.30. The number of benzene rings is 1. The largest absolute Gasteiger partial charge is 0.486 e. The summed E-state index contributed by atoms with van der Waals surface area (Å²) in [4.78, 5) is 27.5. The molecule has 32 heavy (non-hydrogen) atoms. The number of aromatic nitrogens is 2. The molecule has 3 heterocycles. The quantitative estimate of drug-likeness (QED) is 0.582. The first-order chi connectivity index (χ1) is 15.5. The minimum absolute atomic E-state index is 0.105. The van der Waals surface area contributed by atoms with Gasteiger partial charge < -0.3 is 24.1 Å². The van der Waals surface area contributed by atoms with Gasteiger partial charge in [-0.3, -0.25) is 14.3 Å². The number of carbonyl (C=O) groups is 2. The van der Waals surface area contributed by atoms with Gasteiger partial charge in [0.15, 0.2) is 5.76 Å². The first-order valence-corrected chi connectivity index (χ1v) is 10.6. The highest BCUT2D eigenvalue weighted by Crippen LogP contribution is 2.21. The van der Waals surface area contributed by atoms with Gasteiger partial charge in [-0.1, -0.05) is 11.6 Å². The number of anilines is 1. The van der Waals surface area contributed by atoms with E-state index in [0.29, 0.717) is 60.8 Å². The Morgan fingerprint density at radius 1 is 1.16 bits per heavy atom. The van der Waals surface area contributed by atoms with Crippen molar-refractivity contribution in [2.24, 2.45) is 0 Å². The van der Waals surface area contributed by atoms with Crippen LogP contribution in [0.15, 0.2) is 47.0 Å². The van der Waals surface area contributed by atoms with E-state index in [4.69, 9.17) is 25.5 Å². The third kappa shape index (κ3) is 4.95. The van der Waals surface area contributed by atoms with Gasteiger partial charge in [0.1, 0.15) is 23.8 Å². The van der Waals surface area contributed by atoms with E-state index < -0.39 is 5.91 Å². The Hall–Kier alpha value is -3.30. The molecule has 9 nitrogen and oxygen atoms in total. The van der Waals surface area contributed by atoms with E-state index >= 15 is 0 Å². The molecule has 1 aliphatic rings. The Kier molecular flexibility index (Phi) is 6.77. The molecular weight excluding hydrogens is 436 g/mol. The smallest absolute Gasteiger partial charge is 0.291 e. The Labute approximate surface area is 189 Å². The lowest BCUT2D eigenvalue weighted by Crippen LogP contribution is -2.41. The number of carbonyl (C=O) groups excluding carboxylic acids is 2. The van der Waals surface area contributed by atoms with Crippen molar-refractivity contribution in [3.63, 3.8) is 0 Å². The van der Waals surface area contributed by atoms with Gasteiger partial charge in [-0.05, 0) is 43.3 Å². The van der Waals surface area contributed by atoms with E-state index in [9.17, 15) is 9.59 Å². The summed E-state index contributed by atoms with van der Waals surface area (Å²) in [6.07, 6.45) is 1.47. The molecule has 168 valence electrons. The van der Waals surface area contributed by atoms with Crippen LogP contribution in [-0.2, 0) is 17.9 Å². The SMILES string of the molecule is CCn1ncc(NC(=O)c2ccc(COc3ccc(Cl)cc3)o2)c1C(=O)N1CCOCC1. The standard InChI is InChI=1S/C22H23ClN4O5/c1-2-27-20(22(29)26-9-11-30-12-10-26)18(13-24-27)25-21(28)19-8-7-17(32-19)14-31-16-5-3-15(23)4-6-16/h3-8,13H,2,9-12,14H2,1H3,(H,25,28). The summed E-state index contributed by atoms with van der Waals surface area (Å²) in [6.45, 7) is 4.50. The van der Waals surface area contributed by atoms with Gasteiger partial charge in [-0.15, -0.1) is 0 Å². The van der Waals surface area contributed by atoms with Gasteiger partial charge in [-0.2, -0.15) is 5.10 Å². The number of morpholine rings is 1. The number of ether oxygens (including phenoxy) is 2. The molecule has 0 spiro atoms. The maximum atomic E-state index is 13.0. The second kappa shape index (κ2) is 9.88. The van der Waals surface area contributed by atoms with Crippen molar-refractivity contribution >= 4 is 29.1 Å². The fourth-order valence-electron chi connectivity index (χ4n) is 3.31. The normalized spacial score (nSPS) is 13.8. The highest BCUT2D eigenvalue weighted by Gasteiger charge is 2.26. The minimum atomic E-state index is -0.477. The summed E-state index contributed by atoms with van der Waals surface area (Å²) < 4.78 is 18.1. The van der Waals surface area contributed by atoms with Crippen molar-refractivity contribution in [2.75, 3.05) is 31.6 Å². The minimum Gasteiger partial charge on any atom is -0.486 e. The summed E-state index contributed by atoms with van der Waals surface area (Å²) in [7, 11) is 0.